The summed E-state index contributed by atoms with van der Waals surface area (Å²) in [6, 6.07) is 9.14. The van der Waals surface area contributed by atoms with Crippen molar-refractivity contribution in [3.05, 3.63) is 24.3 Å². The number of ether oxygens (including phenoxy) is 1. The number of para-hydroxylation sites is 2. The molecular formula is C12H14N2O2. The fraction of sp³-hybridized carbons (Fsp3) is 0.333. The first-order valence-electron chi connectivity index (χ1n) is 5.00. The number of rotatable bonds is 4. The average Bonchev–Trinajstić information content (AvgIpc) is 2.30. The van der Waals surface area contributed by atoms with Crippen molar-refractivity contribution in [2.75, 3.05) is 12.4 Å². The summed E-state index contributed by atoms with van der Waals surface area (Å²) in [5, 5.41) is 11.2. The van der Waals surface area contributed by atoms with Crippen molar-refractivity contribution in [3.63, 3.8) is 0 Å². The predicted octanol–water partition coefficient (Wildman–Crippen LogP) is 2.18. The van der Waals surface area contributed by atoms with Crippen LogP contribution in [0, 0.1) is 17.2 Å². The molecule has 1 atom stereocenters. The molecule has 0 saturated carbocycles. The summed E-state index contributed by atoms with van der Waals surface area (Å²) in [5.74, 6) is 0.112. The summed E-state index contributed by atoms with van der Waals surface area (Å²) < 4.78 is 5.11. The number of hydrogen-bond acceptors (Lipinski definition) is 3. The number of nitrogens with zero attached hydrogens (tertiary/aromatic N) is 1. The summed E-state index contributed by atoms with van der Waals surface area (Å²) in [5.41, 5.74) is 0.625. The molecule has 1 aromatic carbocycles. The predicted molar refractivity (Wildman–Crippen MR) is 61.0 cm³/mol. The molecule has 1 rings (SSSR count). The molecule has 84 valence electrons. The lowest BCUT2D eigenvalue weighted by atomic mass is 10.1. The Kier molecular flexibility index (Phi) is 4.34. The third-order valence-corrected chi connectivity index (χ3v) is 2.21. The Bertz CT molecular complexity index is 410. The number of nitriles is 1. The van der Waals surface area contributed by atoms with Crippen LogP contribution in [0.3, 0.4) is 0 Å². The minimum absolute atomic E-state index is 0.175. The lowest BCUT2D eigenvalue weighted by molar-refractivity contribution is -0.119. The standard InChI is InChI=1S/C12H14N2O2/c1-9(7-8-13)12(15)14-10-5-3-4-6-11(10)16-2/h3-6,9H,7H2,1-2H3,(H,14,15). The Morgan fingerprint density at radius 3 is 2.88 bits per heavy atom. The molecule has 0 aromatic heterocycles. The van der Waals surface area contributed by atoms with Crippen molar-refractivity contribution < 1.29 is 9.53 Å². The Labute approximate surface area is 94.8 Å². The second-order valence-corrected chi connectivity index (χ2v) is 3.45. The van der Waals surface area contributed by atoms with Crippen LogP contribution in [0.5, 0.6) is 5.75 Å². The van der Waals surface area contributed by atoms with Crippen molar-refractivity contribution in [1.29, 1.82) is 5.26 Å². The first-order chi connectivity index (χ1) is 7.69. The molecule has 4 nitrogen and oxygen atoms in total. The van der Waals surface area contributed by atoms with E-state index in [2.05, 4.69) is 5.32 Å². The fourth-order valence-electron chi connectivity index (χ4n) is 1.23. The van der Waals surface area contributed by atoms with Gasteiger partial charge in [0.1, 0.15) is 5.75 Å². The van der Waals surface area contributed by atoms with Gasteiger partial charge in [-0.2, -0.15) is 5.26 Å². The van der Waals surface area contributed by atoms with Crippen LogP contribution >= 0.6 is 0 Å². The summed E-state index contributed by atoms with van der Waals surface area (Å²) in [6.45, 7) is 1.72. The van der Waals surface area contributed by atoms with Crippen LogP contribution in [0.25, 0.3) is 0 Å². The van der Waals surface area contributed by atoms with E-state index in [4.69, 9.17) is 10.00 Å². The van der Waals surface area contributed by atoms with Crippen LogP contribution < -0.4 is 10.1 Å². The summed E-state index contributed by atoms with van der Waals surface area (Å²) >= 11 is 0. The number of methoxy groups -OCH3 is 1. The van der Waals surface area contributed by atoms with Gasteiger partial charge < -0.3 is 10.1 Å². The van der Waals surface area contributed by atoms with E-state index in [9.17, 15) is 4.79 Å². The van der Waals surface area contributed by atoms with E-state index in [0.29, 0.717) is 11.4 Å². The first kappa shape index (κ1) is 12.1. The zero-order valence-electron chi connectivity index (χ0n) is 9.36. The third-order valence-electron chi connectivity index (χ3n) is 2.21. The molecule has 0 aliphatic rings. The van der Waals surface area contributed by atoms with Gasteiger partial charge in [0.2, 0.25) is 5.91 Å². The van der Waals surface area contributed by atoms with E-state index in [1.807, 2.05) is 18.2 Å². The van der Waals surface area contributed by atoms with Gasteiger partial charge in [-0.25, -0.2) is 0 Å². The van der Waals surface area contributed by atoms with Crippen LogP contribution in [0.4, 0.5) is 5.69 Å². The van der Waals surface area contributed by atoms with Crippen LogP contribution in [-0.4, -0.2) is 13.0 Å². The maximum atomic E-state index is 11.7. The SMILES string of the molecule is COc1ccccc1NC(=O)C(C)CC#N. The molecule has 1 aromatic rings. The fourth-order valence-corrected chi connectivity index (χ4v) is 1.23. The quantitative estimate of drug-likeness (QED) is 0.842. The minimum atomic E-state index is -0.324. The molecule has 1 unspecified atom stereocenters. The van der Waals surface area contributed by atoms with E-state index < -0.39 is 0 Å². The molecule has 0 heterocycles. The molecule has 0 radical (unpaired) electrons. The van der Waals surface area contributed by atoms with Crippen LogP contribution in [0.2, 0.25) is 0 Å². The summed E-state index contributed by atoms with van der Waals surface area (Å²) in [4.78, 5) is 11.7. The molecule has 16 heavy (non-hydrogen) atoms. The molecule has 1 amide bonds. The van der Waals surface area contributed by atoms with Gasteiger partial charge in [0.15, 0.2) is 0 Å². The molecule has 4 heteroatoms. The van der Waals surface area contributed by atoms with Crippen molar-refractivity contribution in [1.82, 2.24) is 0 Å². The molecule has 0 aliphatic carbocycles. The molecular weight excluding hydrogens is 204 g/mol. The number of amides is 1. The molecule has 0 bridgehead atoms. The zero-order chi connectivity index (χ0) is 12.0. The van der Waals surface area contributed by atoms with Gasteiger partial charge in [0.05, 0.1) is 18.9 Å². The molecule has 0 saturated heterocycles. The van der Waals surface area contributed by atoms with E-state index >= 15 is 0 Å². The molecule has 0 spiro atoms. The number of benzene rings is 1. The van der Waals surface area contributed by atoms with Gasteiger partial charge >= 0.3 is 0 Å². The van der Waals surface area contributed by atoms with Gasteiger partial charge in [0, 0.05) is 12.3 Å². The first-order valence-corrected chi connectivity index (χ1v) is 5.00. The highest BCUT2D eigenvalue weighted by Gasteiger charge is 2.13. The summed E-state index contributed by atoms with van der Waals surface area (Å²) in [6.07, 6.45) is 0.209. The largest absolute Gasteiger partial charge is 0.495 e. The van der Waals surface area contributed by atoms with Gasteiger partial charge in [-0.3, -0.25) is 4.79 Å². The normalized spacial score (nSPS) is 11.3. The highest BCUT2D eigenvalue weighted by Crippen LogP contribution is 2.23. The maximum absolute atomic E-state index is 11.7. The molecule has 0 fully saturated rings. The Morgan fingerprint density at radius 1 is 1.56 bits per heavy atom. The van der Waals surface area contributed by atoms with Crippen molar-refractivity contribution in [2.24, 2.45) is 5.92 Å². The lowest BCUT2D eigenvalue weighted by Crippen LogP contribution is -2.20. The van der Waals surface area contributed by atoms with Crippen LogP contribution in [-0.2, 0) is 4.79 Å². The van der Waals surface area contributed by atoms with E-state index in [1.165, 1.54) is 0 Å². The highest BCUT2D eigenvalue weighted by atomic mass is 16.5. The lowest BCUT2D eigenvalue weighted by Gasteiger charge is -2.12. The molecule has 0 aliphatic heterocycles. The number of hydrogen-bond donors (Lipinski definition) is 1. The van der Waals surface area contributed by atoms with Crippen LogP contribution in [0.1, 0.15) is 13.3 Å². The highest BCUT2D eigenvalue weighted by molar-refractivity contribution is 5.93. The third kappa shape index (κ3) is 2.99. The topological polar surface area (TPSA) is 62.1 Å². The number of carbonyl (C=O) groups excluding carboxylic acids is 1. The van der Waals surface area contributed by atoms with E-state index in [0.717, 1.165) is 0 Å². The number of anilines is 1. The van der Waals surface area contributed by atoms with Gasteiger partial charge in [-0.1, -0.05) is 19.1 Å². The monoisotopic (exact) mass is 218 g/mol. The zero-order valence-corrected chi connectivity index (χ0v) is 9.36. The van der Waals surface area contributed by atoms with E-state index in [-0.39, 0.29) is 18.2 Å². The Hall–Kier alpha value is -2.02. The summed E-state index contributed by atoms with van der Waals surface area (Å²) in [7, 11) is 1.55. The Balaban J connectivity index is 2.73. The number of nitrogens with one attached hydrogen (secondary N) is 1. The average molecular weight is 218 g/mol. The second-order valence-electron chi connectivity index (χ2n) is 3.45. The molecule has 1 N–H and O–H groups in total. The van der Waals surface area contributed by atoms with Crippen molar-refractivity contribution >= 4 is 11.6 Å². The maximum Gasteiger partial charge on any atom is 0.228 e. The van der Waals surface area contributed by atoms with Gasteiger partial charge in [-0.05, 0) is 12.1 Å². The second kappa shape index (κ2) is 5.76. The van der Waals surface area contributed by atoms with E-state index in [1.54, 1.807) is 26.2 Å². The number of carbonyl (C=O) groups is 1. The minimum Gasteiger partial charge on any atom is -0.495 e. The van der Waals surface area contributed by atoms with Gasteiger partial charge in [-0.15, -0.1) is 0 Å². The smallest absolute Gasteiger partial charge is 0.228 e. The van der Waals surface area contributed by atoms with Crippen LogP contribution in [0.15, 0.2) is 24.3 Å². The van der Waals surface area contributed by atoms with Crippen molar-refractivity contribution in [2.45, 2.75) is 13.3 Å². The van der Waals surface area contributed by atoms with Gasteiger partial charge in [0.25, 0.3) is 0 Å². The van der Waals surface area contributed by atoms with Crippen molar-refractivity contribution in [3.8, 4) is 11.8 Å². The Morgan fingerprint density at radius 2 is 2.25 bits per heavy atom.